The van der Waals surface area contributed by atoms with Crippen LogP contribution in [0.15, 0.2) is 6.20 Å². The Morgan fingerprint density at radius 3 is 2.60 bits per heavy atom. The van der Waals surface area contributed by atoms with Gasteiger partial charge in [-0.1, -0.05) is 13.8 Å². The van der Waals surface area contributed by atoms with Crippen molar-refractivity contribution in [2.24, 2.45) is 0 Å². The van der Waals surface area contributed by atoms with Crippen molar-refractivity contribution < 1.29 is 9.53 Å². The van der Waals surface area contributed by atoms with Crippen LogP contribution in [-0.2, 0) is 4.74 Å². The molecule has 0 fully saturated rings. The van der Waals surface area contributed by atoms with Gasteiger partial charge in [-0.15, -0.1) is 0 Å². The first-order valence-electron chi connectivity index (χ1n) is 4.91. The highest BCUT2D eigenvalue weighted by atomic mass is 16.5. The molecule has 1 rings (SSSR count). The molecule has 15 heavy (non-hydrogen) atoms. The van der Waals surface area contributed by atoms with Crippen LogP contribution in [-0.4, -0.2) is 22.5 Å². The van der Waals surface area contributed by atoms with Crippen molar-refractivity contribution in [2.75, 3.05) is 12.3 Å². The van der Waals surface area contributed by atoms with Crippen LogP contribution in [0.4, 0.5) is 5.82 Å². The van der Waals surface area contributed by atoms with Crippen molar-refractivity contribution in [3.05, 3.63) is 17.6 Å². The zero-order valence-corrected chi connectivity index (χ0v) is 9.57. The number of carbonyl (C=O) groups excluding carboxylic acids is 1. The standard InChI is InChI=1S/C8H11N3O2.C2H6/c1-3-13-8(12)6-4-10-5(2)11-7(6)9;1-2/h4H,3H2,1-2H3,(H2,9,10,11);1-2H3. The number of esters is 1. The summed E-state index contributed by atoms with van der Waals surface area (Å²) in [5.41, 5.74) is 5.72. The molecule has 1 heterocycles. The second-order valence-corrected chi connectivity index (χ2v) is 2.44. The number of hydrogen-bond donors (Lipinski definition) is 1. The number of anilines is 1. The third-order valence-electron chi connectivity index (χ3n) is 1.43. The average molecular weight is 211 g/mol. The SMILES string of the molecule is CC.CCOC(=O)c1cnc(C)nc1N. The number of nitrogens with two attached hydrogens (primary N) is 1. The largest absolute Gasteiger partial charge is 0.462 e. The predicted octanol–water partition coefficient (Wildman–Crippen LogP) is 1.57. The predicted molar refractivity (Wildman–Crippen MR) is 58.5 cm³/mol. The third kappa shape index (κ3) is 3.93. The maximum atomic E-state index is 11.2. The lowest BCUT2D eigenvalue weighted by molar-refractivity contribution is 0.0526. The van der Waals surface area contributed by atoms with Gasteiger partial charge in [-0.05, 0) is 13.8 Å². The van der Waals surface area contributed by atoms with Gasteiger partial charge in [0.05, 0.1) is 6.61 Å². The van der Waals surface area contributed by atoms with E-state index in [1.807, 2.05) is 13.8 Å². The summed E-state index contributed by atoms with van der Waals surface area (Å²) in [5.74, 6) is 0.205. The summed E-state index contributed by atoms with van der Waals surface area (Å²) in [6, 6.07) is 0. The molecule has 0 saturated heterocycles. The quantitative estimate of drug-likeness (QED) is 0.751. The Kier molecular flexibility index (Phi) is 6.01. The molecule has 0 aliphatic heterocycles. The zero-order chi connectivity index (χ0) is 11.8. The van der Waals surface area contributed by atoms with E-state index in [0.29, 0.717) is 12.4 Å². The van der Waals surface area contributed by atoms with E-state index in [4.69, 9.17) is 10.5 Å². The van der Waals surface area contributed by atoms with Gasteiger partial charge in [-0.2, -0.15) is 0 Å². The van der Waals surface area contributed by atoms with Gasteiger partial charge in [0.25, 0.3) is 0 Å². The summed E-state index contributed by atoms with van der Waals surface area (Å²) >= 11 is 0. The molecule has 1 aromatic heterocycles. The van der Waals surface area contributed by atoms with Gasteiger partial charge in [0.15, 0.2) is 0 Å². The fraction of sp³-hybridized carbons (Fsp3) is 0.500. The Hall–Kier alpha value is -1.65. The summed E-state index contributed by atoms with van der Waals surface area (Å²) in [5, 5.41) is 0. The lowest BCUT2D eigenvalue weighted by Gasteiger charge is -2.03. The van der Waals surface area contributed by atoms with E-state index < -0.39 is 5.97 Å². The second-order valence-electron chi connectivity index (χ2n) is 2.44. The van der Waals surface area contributed by atoms with Gasteiger partial charge in [-0.3, -0.25) is 0 Å². The summed E-state index contributed by atoms with van der Waals surface area (Å²) in [6.45, 7) is 7.74. The van der Waals surface area contributed by atoms with Crippen LogP contribution in [0.2, 0.25) is 0 Å². The molecule has 0 bridgehead atoms. The van der Waals surface area contributed by atoms with Crippen molar-refractivity contribution in [3.63, 3.8) is 0 Å². The molecule has 0 radical (unpaired) electrons. The summed E-state index contributed by atoms with van der Waals surface area (Å²) in [6.07, 6.45) is 1.37. The molecule has 0 aliphatic carbocycles. The van der Waals surface area contributed by atoms with E-state index in [9.17, 15) is 4.79 Å². The first-order valence-corrected chi connectivity index (χ1v) is 4.91. The maximum absolute atomic E-state index is 11.2. The van der Waals surface area contributed by atoms with E-state index in [0.717, 1.165) is 0 Å². The molecule has 1 aromatic rings. The van der Waals surface area contributed by atoms with E-state index in [1.165, 1.54) is 6.20 Å². The average Bonchev–Trinajstić information content (AvgIpc) is 2.21. The van der Waals surface area contributed by atoms with Crippen LogP contribution in [0.1, 0.15) is 37.0 Å². The molecule has 2 N–H and O–H groups in total. The monoisotopic (exact) mass is 211 g/mol. The van der Waals surface area contributed by atoms with E-state index in [-0.39, 0.29) is 11.4 Å². The molecule has 0 atom stereocenters. The Bertz CT molecular complexity index is 326. The highest BCUT2D eigenvalue weighted by Crippen LogP contribution is 2.08. The van der Waals surface area contributed by atoms with Crippen LogP contribution in [0.5, 0.6) is 0 Å². The van der Waals surface area contributed by atoms with Gasteiger partial charge in [0.1, 0.15) is 17.2 Å². The summed E-state index contributed by atoms with van der Waals surface area (Å²) in [7, 11) is 0. The van der Waals surface area contributed by atoms with Gasteiger partial charge in [-0.25, -0.2) is 14.8 Å². The zero-order valence-electron chi connectivity index (χ0n) is 9.57. The van der Waals surface area contributed by atoms with E-state index >= 15 is 0 Å². The Morgan fingerprint density at radius 1 is 1.53 bits per heavy atom. The van der Waals surface area contributed by atoms with Crippen molar-refractivity contribution in [1.82, 2.24) is 9.97 Å². The van der Waals surface area contributed by atoms with Crippen LogP contribution in [0.3, 0.4) is 0 Å². The molecule has 5 heteroatoms. The maximum Gasteiger partial charge on any atom is 0.343 e. The van der Waals surface area contributed by atoms with E-state index in [2.05, 4.69) is 9.97 Å². The minimum atomic E-state index is -0.486. The Morgan fingerprint density at radius 2 is 2.13 bits per heavy atom. The minimum Gasteiger partial charge on any atom is -0.462 e. The molecule has 0 unspecified atom stereocenters. The second kappa shape index (κ2) is 6.75. The normalized spacial score (nSPS) is 8.80. The number of ether oxygens (including phenoxy) is 1. The number of hydrogen-bond acceptors (Lipinski definition) is 5. The van der Waals surface area contributed by atoms with E-state index in [1.54, 1.807) is 13.8 Å². The highest BCUT2D eigenvalue weighted by Gasteiger charge is 2.11. The minimum absolute atomic E-state index is 0.158. The molecular weight excluding hydrogens is 194 g/mol. The van der Waals surface area contributed by atoms with Crippen LogP contribution in [0, 0.1) is 6.92 Å². The Labute approximate surface area is 89.7 Å². The van der Waals surface area contributed by atoms with Crippen LogP contribution >= 0.6 is 0 Å². The Balaban J connectivity index is 0.000000921. The molecule has 0 aromatic carbocycles. The summed E-state index contributed by atoms with van der Waals surface area (Å²) < 4.78 is 4.75. The van der Waals surface area contributed by atoms with Gasteiger partial charge >= 0.3 is 5.97 Å². The molecule has 0 aliphatic rings. The molecule has 0 saturated carbocycles. The first kappa shape index (κ1) is 13.4. The molecule has 0 spiro atoms. The third-order valence-corrected chi connectivity index (χ3v) is 1.43. The smallest absolute Gasteiger partial charge is 0.343 e. The number of nitrogens with zero attached hydrogens (tertiary/aromatic N) is 2. The van der Waals surface area contributed by atoms with Gasteiger partial charge in [0, 0.05) is 6.20 Å². The lowest BCUT2D eigenvalue weighted by atomic mass is 10.3. The summed E-state index contributed by atoms with van der Waals surface area (Å²) in [4.78, 5) is 18.9. The van der Waals surface area contributed by atoms with Crippen molar-refractivity contribution >= 4 is 11.8 Å². The number of nitrogen functional groups attached to an aromatic ring is 1. The van der Waals surface area contributed by atoms with Crippen LogP contribution < -0.4 is 5.73 Å². The highest BCUT2D eigenvalue weighted by molar-refractivity contribution is 5.93. The van der Waals surface area contributed by atoms with Crippen molar-refractivity contribution in [3.8, 4) is 0 Å². The van der Waals surface area contributed by atoms with Gasteiger partial charge < -0.3 is 10.5 Å². The van der Waals surface area contributed by atoms with Crippen molar-refractivity contribution in [2.45, 2.75) is 27.7 Å². The first-order chi connectivity index (χ1) is 7.15. The fourth-order valence-corrected chi connectivity index (χ4v) is 0.854. The number of aromatic nitrogens is 2. The van der Waals surface area contributed by atoms with Gasteiger partial charge in [0.2, 0.25) is 0 Å². The molecule has 5 nitrogen and oxygen atoms in total. The molecule has 84 valence electrons. The molecular formula is C10H17N3O2. The molecule has 0 amide bonds. The topological polar surface area (TPSA) is 78.1 Å². The number of aryl methyl sites for hydroxylation is 1. The van der Waals surface area contributed by atoms with Crippen LogP contribution in [0.25, 0.3) is 0 Å². The number of rotatable bonds is 2. The number of carbonyl (C=O) groups is 1. The van der Waals surface area contributed by atoms with Crippen molar-refractivity contribution in [1.29, 1.82) is 0 Å². The fourth-order valence-electron chi connectivity index (χ4n) is 0.854. The lowest BCUT2D eigenvalue weighted by Crippen LogP contribution is -2.10.